The van der Waals surface area contributed by atoms with E-state index in [9.17, 15) is 33.9 Å². The fourth-order valence-corrected chi connectivity index (χ4v) is 3.55. The van der Waals surface area contributed by atoms with E-state index >= 15 is 0 Å². The Hall–Kier alpha value is -3.96. The average molecular weight is 491 g/mol. The van der Waals surface area contributed by atoms with E-state index in [-0.39, 0.29) is 19.6 Å². The molecule has 1 aromatic rings. The van der Waals surface area contributed by atoms with Crippen molar-refractivity contribution in [3.63, 3.8) is 0 Å². The number of piperazine rings is 1. The summed E-state index contributed by atoms with van der Waals surface area (Å²) < 4.78 is 9.64. The van der Waals surface area contributed by atoms with Gasteiger partial charge in [0.05, 0.1) is 32.0 Å². The first-order valence-electron chi connectivity index (χ1n) is 11.1. The summed E-state index contributed by atoms with van der Waals surface area (Å²) in [5, 5.41) is 16.8. The van der Waals surface area contributed by atoms with Crippen molar-refractivity contribution in [1.82, 2.24) is 16.0 Å². The van der Waals surface area contributed by atoms with Gasteiger partial charge in [0.1, 0.15) is 18.1 Å². The Kier molecular flexibility index (Phi) is 10.2. The van der Waals surface area contributed by atoms with Crippen LogP contribution in [0.15, 0.2) is 30.3 Å². The van der Waals surface area contributed by atoms with Crippen LogP contribution in [0.25, 0.3) is 0 Å². The van der Waals surface area contributed by atoms with Gasteiger partial charge in [-0.1, -0.05) is 30.3 Å². The lowest BCUT2D eigenvalue weighted by molar-refractivity contribution is -0.160. The smallest absolute Gasteiger partial charge is 0.327 e. The number of aliphatic carboxylic acids is 1. The predicted octanol–water partition coefficient (Wildman–Crippen LogP) is -0.696. The summed E-state index contributed by atoms with van der Waals surface area (Å²) in [5.74, 6) is -7.00. The molecule has 1 heterocycles. The molecule has 12 nitrogen and oxygen atoms in total. The molecule has 1 aromatic carbocycles. The van der Waals surface area contributed by atoms with Crippen LogP contribution < -0.4 is 16.0 Å². The maximum atomic E-state index is 12.6. The zero-order chi connectivity index (χ0) is 26.0. The molecule has 1 aliphatic heterocycles. The Balaban J connectivity index is 2.04. The molecule has 35 heavy (non-hydrogen) atoms. The number of hydrogen-bond acceptors (Lipinski definition) is 8. The van der Waals surface area contributed by atoms with Crippen LogP contribution in [0.1, 0.15) is 32.3 Å². The van der Waals surface area contributed by atoms with Crippen molar-refractivity contribution >= 4 is 35.6 Å². The Labute approximate surface area is 201 Å². The highest BCUT2D eigenvalue weighted by Gasteiger charge is 2.40. The lowest BCUT2D eigenvalue weighted by atomic mass is 9.95. The second-order valence-corrected chi connectivity index (χ2v) is 7.77. The van der Waals surface area contributed by atoms with Gasteiger partial charge >= 0.3 is 17.9 Å². The molecular formula is C23H29N3O9. The SMILES string of the molecule is CCOC(=O)C[C@@H](C(=O)OCC)[C@@H](NC(=O)C[C@@H]1NC(=O)[C@H](Cc2ccccc2)NC1=O)C(=O)O. The average Bonchev–Trinajstić information content (AvgIpc) is 2.80. The number of amides is 3. The van der Waals surface area contributed by atoms with Crippen LogP contribution in [0.4, 0.5) is 0 Å². The second-order valence-electron chi connectivity index (χ2n) is 7.77. The molecule has 0 aromatic heterocycles. The van der Waals surface area contributed by atoms with Gasteiger partial charge in [-0.05, 0) is 19.4 Å². The minimum atomic E-state index is -1.82. The zero-order valence-electron chi connectivity index (χ0n) is 19.4. The van der Waals surface area contributed by atoms with E-state index in [0.29, 0.717) is 0 Å². The Morgan fingerprint density at radius 1 is 0.971 bits per heavy atom. The van der Waals surface area contributed by atoms with Crippen molar-refractivity contribution in [2.45, 2.75) is 51.2 Å². The molecule has 0 unspecified atom stereocenters. The molecule has 4 N–H and O–H groups in total. The largest absolute Gasteiger partial charge is 0.480 e. The molecule has 0 saturated carbocycles. The summed E-state index contributed by atoms with van der Waals surface area (Å²) >= 11 is 0. The fourth-order valence-electron chi connectivity index (χ4n) is 3.55. The normalized spacial score (nSPS) is 18.9. The number of carboxylic acid groups (broad SMARTS) is 1. The van der Waals surface area contributed by atoms with Crippen LogP contribution >= 0.6 is 0 Å². The van der Waals surface area contributed by atoms with Gasteiger partial charge in [-0.15, -0.1) is 0 Å². The van der Waals surface area contributed by atoms with Gasteiger partial charge in [-0.2, -0.15) is 0 Å². The number of carbonyl (C=O) groups excluding carboxylic acids is 5. The molecule has 1 aliphatic rings. The number of esters is 2. The molecule has 1 fully saturated rings. The van der Waals surface area contributed by atoms with Crippen molar-refractivity contribution in [3.05, 3.63) is 35.9 Å². The number of carboxylic acids is 1. The third-order valence-electron chi connectivity index (χ3n) is 5.20. The minimum absolute atomic E-state index is 0.0141. The molecule has 0 aliphatic carbocycles. The van der Waals surface area contributed by atoms with Crippen molar-refractivity contribution in [2.75, 3.05) is 13.2 Å². The summed E-state index contributed by atoms with van der Waals surface area (Å²) in [6, 6.07) is 5.15. The molecule has 0 radical (unpaired) electrons. The monoisotopic (exact) mass is 491 g/mol. The van der Waals surface area contributed by atoms with E-state index < -0.39 is 72.5 Å². The van der Waals surface area contributed by atoms with Crippen molar-refractivity contribution in [1.29, 1.82) is 0 Å². The van der Waals surface area contributed by atoms with E-state index in [4.69, 9.17) is 9.47 Å². The lowest BCUT2D eigenvalue weighted by Crippen LogP contribution is -2.63. The first-order chi connectivity index (χ1) is 16.7. The molecular weight excluding hydrogens is 462 g/mol. The summed E-state index contributed by atoms with van der Waals surface area (Å²) in [4.78, 5) is 73.5. The number of nitrogens with one attached hydrogen (secondary N) is 3. The number of rotatable bonds is 12. The third-order valence-corrected chi connectivity index (χ3v) is 5.20. The van der Waals surface area contributed by atoms with E-state index in [2.05, 4.69) is 16.0 Å². The first-order valence-corrected chi connectivity index (χ1v) is 11.1. The lowest BCUT2D eigenvalue weighted by Gasteiger charge is -2.30. The van der Waals surface area contributed by atoms with E-state index in [0.717, 1.165) is 5.56 Å². The fraction of sp³-hybridized carbons (Fsp3) is 0.478. The summed E-state index contributed by atoms with van der Waals surface area (Å²) in [6.45, 7) is 2.99. The van der Waals surface area contributed by atoms with Crippen molar-refractivity contribution in [3.8, 4) is 0 Å². The van der Waals surface area contributed by atoms with Crippen LogP contribution in [0, 0.1) is 5.92 Å². The standard InChI is InChI=1S/C23H29N3O9/c1-3-34-18(28)11-14(23(33)35-4-2)19(22(31)32)26-17(27)12-16-21(30)24-15(20(29)25-16)10-13-8-6-5-7-9-13/h5-9,14-16,19H,3-4,10-12H2,1-2H3,(H,24,30)(H,25,29)(H,26,27)(H,31,32)/t14-,15+,16+,19-/m1/s1. The molecule has 1 saturated heterocycles. The molecule has 4 atom stereocenters. The maximum absolute atomic E-state index is 12.6. The van der Waals surface area contributed by atoms with Crippen LogP contribution in [-0.4, -0.2) is 72.1 Å². The second kappa shape index (κ2) is 13.1. The van der Waals surface area contributed by atoms with Gasteiger partial charge in [0.2, 0.25) is 17.7 Å². The summed E-state index contributed by atoms with van der Waals surface area (Å²) in [7, 11) is 0. The minimum Gasteiger partial charge on any atom is -0.480 e. The molecule has 0 bridgehead atoms. The molecule has 190 valence electrons. The molecule has 12 heteroatoms. The number of hydrogen-bond donors (Lipinski definition) is 4. The Morgan fingerprint density at radius 3 is 2.17 bits per heavy atom. The van der Waals surface area contributed by atoms with E-state index in [1.165, 1.54) is 6.92 Å². The maximum Gasteiger partial charge on any atom is 0.327 e. The van der Waals surface area contributed by atoms with Crippen LogP contribution in [0.5, 0.6) is 0 Å². The third kappa shape index (κ3) is 8.09. The van der Waals surface area contributed by atoms with E-state index in [1.54, 1.807) is 31.2 Å². The van der Waals surface area contributed by atoms with Gasteiger partial charge < -0.3 is 30.5 Å². The van der Waals surface area contributed by atoms with Gasteiger partial charge in [-0.3, -0.25) is 24.0 Å². The molecule has 2 rings (SSSR count). The zero-order valence-corrected chi connectivity index (χ0v) is 19.4. The van der Waals surface area contributed by atoms with Gasteiger partial charge in [0.25, 0.3) is 0 Å². The molecule has 0 spiro atoms. The number of benzene rings is 1. The Bertz CT molecular complexity index is 951. The first kappa shape index (κ1) is 27.3. The van der Waals surface area contributed by atoms with Gasteiger partial charge in [0.15, 0.2) is 0 Å². The number of ether oxygens (including phenoxy) is 2. The predicted molar refractivity (Wildman–Crippen MR) is 120 cm³/mol. The van der Waals surface area contributed by atoms with Crippen molar-refractivity contribution in [2.24, 2.45) is 5.92 Å². The highest BCUT2D eigenvalue weighted by atomic mass is 16.5. The van der Waals surface area contributed by atoms with Crippen molar-refractivity contribution < 1.29 is 43.3 Å². The van der Waals surface area contributed by atoms with E-state index in [1.807, 2.05) is 6.07 Å². The summed E-state index contributed by atoms with van der Waals surface area (Å²) in [5.41, 5.74) is 0.833. The molecule has 3 amide bonds. The van der Waals surface area contributed by atoms with Crippen LogP contribution in [0.3, 0.4) is 0 Å². The van der Waals surface area contributed by atoms with Crippen LogP contribution in [-0.2, 0) is 44.7 Å². The highest BCUT2D eigenvalue weighted by molar-refractivity contribution is 6.00. The van der Waals surface area contributed by atoms with Crippen LogP contribution in [0.2, 0.25) is 0 Å². The number of carbonyl (C=O) groups is 6. The summed E-state index contributed by atoms with van der Waals surface area (Å²) in [6.07, 6.45) is -0.951. The van der Waals surface area contributed by atoms with Gasteiger partial charge in [-0.25, -0.2) is 4.79 Å². The highest BCUT2D eigenvalue weighted by Crippen LogP contribution is 2.15. The Morgan fingerprint density at radius 2 is 1.57 bits per heavy atom. The quantitative estimate of drug-likeness (QED) is 0.275. The van der Waals surface area contributed by atoms with Gasteiger partial charge in [0, 0.05) is 6.42 Å². The topological polar surface area (TPSA) is 177 Å².